The van der Waals surface area contributed by atoms with Gasteiger partial charge in [-0.05, 0) is 49.3 Å². The quantitative estimate of drug-likeness (QED) is 0.777. The Kier molecular flexibility index (Phi) is 4.46. The van der Waals surface area contributed by atoms with Crippen LogP contribution in [0.25, 0.3) is 0 Å². The number of aromatic carboxylic acids is 1. The second-order valence-corrected chi connectivity index (χ2v) is 8.59. The van der Waals surface area contributed by atoms with Crippen molar-refractivity contribution in [3.05, 3.63) is 29.3 Å². The Balaban J connectivity index is 1.86. The van der Waals surface area contributed by atoms with E-state index < -0.39 is 22.1 Å². The molecule has 136 valence electrons. The SMILES string of the molecule is CN(C)S(=O)(=O)NC(=O)c1ccc(C(=O)O)cc1OC1CC2CC2C1. The fourth-order valence-electron chi connectivity index (χ4n) is 3.14. The Morgan fingerprint density at radius 1 is 1.20 bits per heavy atom. The maximum absolute atomic E-state index is 12.4. The third kappa shape index (κ3) is 3.77. The number of fused-ring (bicyclic) bond motifs is 1. The van der Waals surface area contributed by atoms with Gasteiger partial charge in [0.1, 0.15) is 5.75 Å². The summed E-state index contributed by atoms with van der Waals surface area (Å²) in [7, 11) is -1.36. The van der Waals surface area contributed by atoms with Crippen molar-refractivity contribution >= 4 is 22.1 Å². The summed E-state index contributed by atoms with van der Waals surface area (Å²) < 4.78 is 32.4. The van der Waals surface area contributed by atoms with E-state index in [-0.39, 0.29) is 23.0 Å². The number of carbonyl (C=O) groups is 2. The topological polar surface area (TPSA) is 113 Å². The number of nitrogens with zero attached hydrogens (tertiary/aromatic N) is 1. The van der Waals surface area contributed by atoms with Crippen LogP contribution >= 0.6 is 0 Å². The van der Waals surface area contributed by atoms with Crippen molar-refractivity contribution in [3.8, 4) is 5.75 Å². The van der Waals surface area contributed by atoms with Gasteiger partial charge in [-0.2, -0.15) is 12.7 Å². The smallest absolute Gasteiger partial charge is 0.335 e. The summed E-state index contributed by atoms with van der Waals surface area (Å²) in [4.78, 5) is 23.6. The highest BCUT2D eigenvalue weighted by atomic mass is 32.2. The molecule has 2 atom stereocenters. The lowest BCUT2D eigenvalue weighted by Crippen LogP contribution is -2.39. The van der Waals surface area contributed by atoms with Crippen LogP contribution in [0.1, 0.15) is 40.0 Å². The highest BCUT2D eigenvalue weighted by molar-refractivity contribution is 7.87. The average Bonchev–Trinajstić information content (AvgIpc) is 3.13. The van der Waals surface area contributed by atoms with Crippen LogP contribution in [0.15, 0.2) is 18.2 Å². The molecule has 1 amide bonds. The van der Waals surface area contributed by atoms with Crippen molar-refractivity contribution in [3.63, 3.8) is 0 Å². The van der Waals surface area contributed by atoms with Crippen LogP contribution in [0, 0.1) is 11.8 Å². The second-order valence-electron chi connectivity index (χ2n) is 6.70. The number of carbonyl (C=O) groups excluding carboxylic acids is 1. The van der Waals surface area contributed by atoms with Crippen LogP contribution in [-0.4, -0.2) is 49.9 Å². The van der Waals surface area contributed by atoms with Crippen molar-refractivity contribution in [2.45, 2.75) is 25.4 Å². The molecule has 0 bridgehead atoms. The number of rotatable bonds is 6. The molecule has 0 aliphatic heterocycles. The van der Waals surface area contributed by atoms with Gasteiger partial charge in [-0.1, -0.05) is 0 Å². The second kappa shape index (κ2) is 6.30. The maximum atomic E-state index is 12.4. The lowest BCUT2D eigenvalue weighted by molar-refractivity contribution is 0.0695. The Bertz CT molecular complexity index is 810. The van der Waals surface area contributed by atoms with E-state index in [4.69, 9.17) is 9.84 Å². The lowest BCUT2D eigenvalue weighted by atomic mass is 10.1. The predicted molar refractivity (Wildman–Crippen MR) is 88.7 cm³/mol. The summed E-state index contributed by atoms with van der Waals surface area (Å²) in [5.74, 6) is -0.605. The molecule has 2 unspecified atom stereocenters. The highest BCUT2D eigenvalue weighted by Crippen LogP contribution is 2.52. The first-order chi connectivity index (χ1) is 11.7. The van der Waals surface area contributed by atoms with Gasteiger partial charge in [0.15, 0.2) is 0 Å². The van der Waals surface area contributed by atoms with Gasteiger partial charge in [0.2, 0.25) is 0 Å². The van der Waals surface area contributed by atoms with Gasteiger partial charge in [0.25, 0.3) is 5.91 Å². The van der Waals surface area contributed by atoms with Gasteiger partial charge in [-0.15, -0.1) is 0 Å². The molecule has 1 aromatic carbocycles. The third-order valence-electron chi connectivity index (χ3n) is 4.67. The Morgan fingerprint density at radius 3 is 2.40 bits per heavy atom. The lowest BCUT2D eigenvalue weighted by Gasteiger charge is -2.19. The fraction of sp³-hybridized carbons (Fsp3) is 0.500. The zero-order valence-corrected chi connectivity index (χ0v) is 14.7. The normalized spacial score (nSPS) is 24.7. The molecule has 25 heavy (non-hydrogen) atoms. The molecule has 1 aromatic rings. The zero-order valence-electron chi connectivity index (χ0n) is 13.9. The van der Waals surface area contributed by atoms with Crippen LogP contribution in [0.4, 0.5) is 0 Å². The minimum absolute atomic E-state index is 0.00371. The maximum Gasteiger partial charge on any atom is 0.335 e. The number of amides is 1. The van der Waals surface area contributed by atoms with Gasteiger partial charge < -0.3 is 9.84 Å². The number of ether oxygens (including phenoxy) is 1. The van der Waals surface area contributed by atoms with Crippen LogP contribution < -0.4 is 9.46 Å². The Morgan fingerprint density at radius 2 is 1.84 bits per heavy atom. The van der Waals surface area contributed by atoms with E-state index in [9.17, 15) is 18.0 Å². The van der Waals surface area contributed by atoms with E-state index >= 15 is 0 Å². The van der Waals surface area contributed by atoms with Crippen molar-refractivity contribution in [1.29, 1.82) is 0 Å². The summed E-state index contributed by atoms with van der Waals surface area (Å²) in [6.45, 7) is 0. The van der Waals surface area contributed by atoms with Crippen LogP contribution in [-0.2, 0) is 10.2 Å². The first-order valence-corrected chi connectivity index (χ1v) is 9.40. The van der Waals surface area contributed by atoms with Gasteiger partial charge in [-0.3, -0.25) is 4.79 Å². The van der Waals surface area contributed by atoms with Crippen molar-refractivity contribution in [2.24, 2.45) is 11.8 Å². The standard InChI is InChI=1S/C16H20N2O6S/c1-18(2)25(22,23)17-15(19)13-4-3-9(16(20)21)8-14(13)24-12-6-10-5-11(10)7-12/h3-4,8,10-12H,5-7H2,1-2H3,(H,17,19)(H,20,21). The van der Waals surface area contributed by atoms with E-state index in [2.05, 4.69) is 0 Å². The predicted octanol–water partition coefficient (Wildman–Crippen LogP) is 1.10. The summed E-state index contributed by atoms with van der Waals surface area (Å²) in [5.41, 5.74) is -0.0267. The van der Waals surface area contributed by atoms with Crippen LogP contribution in [0.2, 0.25) is 0 Å². The van der Waals surface area contributed by atoms with E-state index in [1.54, 1.807) is 0 Å². The highest BCUT2D eigenvalue weighted by Gasteiger charge is 2.47. The molecular formula is C16H20N2O6S. The summed E-state index contributed by atoms with van der Waals surface area (Å²) >= 11 is 0. The average molecular weight is 368 g/mol. The number of carboxylic acids is 1. The number of hydrogen-bond acceptors (Lipinski definition) is 5. The van der Waals surface area contributed by atoms with Crippen LogP contribution in [0.5, 0.6) is 5.75 Å². The minimum atomic E-state index is -3.96. The van der Waals surface area contributed by atoms with Crippen molar-refractivity contribution < 1.29 is 27.9 Å². The molecule has 0 spiro atoms. The van der Waals surface area contributed by atoms with E-state index in [1.165, 1.54) is 38.7 Å². The molecule has 2 aliphatic rings. The molecule has 0 heterocycles. The summed E-state index contributed by atoms with van der Waals surface area (Å²) in [6, 6.07) is 3.79. The first-order valence-electron chi connectivity index (χ1n) is 7.96. The van der Waals surface area contributed by atoms with Crippen LogP contribution in [0.3, 0.4) is 0 Å². The molecule has 2 N–H and O–H groups in total. The van der Waals surface area contributed by atoms with Gasteiger partial charge in [0.05, 0.1) is 17.2 Å². The molecule has 3 rings (SSSR count). The zero-order chi connectivity index (χ0) is 18.4. The van der Waals surface area contributed by atoms with Gasteiger partial charge in [0, 0.05) is 14.1 Å². The third-order valence-corrected chi connectivity index (χ3v) is 6.07. The largest absolute Gasteiger partial charge is 0.490 e. The fourth-order valence-corrected chi connectivity index (χ4v) is 3.67. The number of hydrogen-bond donors (Lipinski definition) is 2. The monoisotopic (exact) mass is 368 g/mol. The molecule has 8 nitrogen and oxygen atoms in total. The molecule has 2 aliphatic carbocycles. The van der Waals surface area contributed by atoms with Crippen molar-refractivity contribution in [1.82, 2.24) is 9.03 Å². The number of nitrogens with one attached hydrogen (secondary N) is 1. The first kappa shape index (κ1) is 17.7. The molecule has 0 radical (unpaired) electrons. The van der Waals surface area contributed by atoms with Gasteiger partial charge in [-0.25, -0.2) is 9.52 Å². The summed E-state index contributed by atoms with van der Waals surface area (Å²) in [5, 5.41) is 9.15. The molecule has 0 aromatic heterocycles. The molecular weight excluding hydrogens is 348 g/mol. The summed E-state index contributed by atoms with van der Waals surface area (Å²) in [6.07, 6.45) is 2.87. The Hall–Kier alpha value is -2.13. The molecule has 2 saturated carbocycles. The molecule has 9 heteroatoms. The van der Waals surface area contributed by atoms with E-state index in [0.717, 1.165) is 17.1 Å². The number of benzene rings is 1. The molecule has 0 saturated heterocycles. The van der Waals surface area contributed by atoms with E-state index in [0.29, 0.717) is 11.8 Å². The minimum Gasteiger partial charge on any atom is -0.490 e. The number of carboxylic acid groups (broad SMARTS) is 1. The van der Waals surface area contributed by atoms with E-state index in [1.807, 2.05) is 4.72 Å². The van der Waals surface area contributed by atoms with Gasteiger partial charge >= 0.3 is 16.2 Å². The Labute approximate surface area is 146 Å². The van der Waals surface area contributed by atoms with Crippen molar-refractivity contribution in [2.75, 3.05) is 14.1 Å². The molecule has 2 fully saturated rings.